The van der Waals surface area contributed by atoms with E-state index in [1.807, 2.05) is 20.8 Å². The van der Waals surface area contributed by atoms with Crippen molar-refractivity contribution in [2.75, 3.05) is 37.7 Å². The van der Waals surface area contributed by atoms with Gasteiger partial charge in [-0.15, -0.1) is 0 Å². The normalized spacial score (nSPS) is 18.0. The van der Waals surface area contributed by atoms with Gasteiger partial charge in [-0.3, -0.25) is 4.79 Å². The summed E-state index contributed by atoms with van der Waals surface area (Å²) in [5, 5.41) is 3.05. The second-order valence-electron chi connectivity index (χ2n) is 11.5. The van der Waals surface area contributed by atoms with Crippen LogP contribution in [0.15, 0.2) is 48.7 Å². The molecule has 6 nitrogen and oxygen atoms in total. The van der Waals surface area contributed by atoms with Crippen LogP contribution < -0.4 is 11.1 Å². The number of thioether (sulfide) groups is 1. The number of hydrogen-bond donors (Lipinski definition) is 2. The van der Waals surface area contributed by atoms with Crippen molar-refractivity contribution in [3.8, 4) is 11.3 Å². The van der Waals surface area contributed by atoms with Gasteiger partial charge in [0.05, 0.1) is 17.5 Å². The molecule has 2 heterocycles. The molecule has 1 aliphatic rings. The largest absolute Gasteiger partial charge is 0.331 e. The summed E-state index contributed by atoms with van der Waals surface area (Å²) < 4.78 is 59.8. The Morgan fingerprint density at radius 3 is 2.59 bits per heavy atom. The van der Waals surface area contributed by atoms with Crippen molar-refractivity contribution < 1.29 is 22.4 Å². The maximum absolute atomic E-state index is 14.9. The predicted molar refractivity (Wildman–Crippen MR) is 155 cm³/mol. The fourth-order valence-corrected chi connectivity index (χ4v) is 5.89. The smallest absolute Gasteiger partial charge is 0.233 e. The zero-order valence-electron chi connectivity index (χ0n) is 23.5. The molecule has 3 atom stereocenters. The van der Waals surface area contributed by atoms with Crippen LogP contribution in [-0.2, 0) is 11.3 Å². The Morgan fingerprint density at radius 2 is 1.93 bits per heavy atom. The molecule has 2 aromatic carbocycles. The summed E-state index contributed by atoms with van der Waals surface area (Å²) in [4.78, 5) is 20.3. The number of amides is 1. The van der Waals surface area contributed by atoms with Gasteiger partial charge in [0.15, 0.2) is 0 Å². The zero-order valence-corrected chi connectivity index (χ0v) is 24.4. The van der Waals surface area contributed by atoms with Crippen molar-refractivity contribution in [2.45, 2.75) is 39.5 Å². The first-order valence-corrected chi connectivity index (χ1v) is 14.8. The van der Waals surface area contributed by atoms with Gasteiger partial charge in [0.25, 0.3) is 0 Å². The van der Waals surface area contributed by atoms with Crippen LogP contribution in [0.4, 0.5) is 17.6 Å². The van der Waals surface area contributed by atoms with Gasteiger partial charge in [-0.1, -0.05) is 32.9 Å². The second-order valence-corrected chi connectivity index (χ2v) is 12.6. The molecule has 11 heteroatoms. The van der Waals surface area contributed by atoms with E-state index in [9.17, 15) is 22.4 Å². The third-order valence-electron chi connectivity index (χ3n) is 7.13. The molecule has 1 fully saturated rings. The lowest BCUT2D eigenvalue weighted by Crippen LogP contribution is -2.47. The first kappa shape index (κ1) is 31.1. The molecule has 3 aromatic rings. The van der Waals surface area contributed by atoms with Crippen LogP contribution in [0.1, 0.15) is 38.2 Å². The molecule has 1 saturated heterocycles. The van der Waals surface area contributed by atoms with Gasteiger partial charge in [-0.05, 0) is 41.3 Å². The van der Waals surface area contributed by atoms with Gasteiger partial charge in [0.1, 0.15) is 29.4 Å². The lowest BCUT2D eigenvalue weighted by atomic mass is 9.84. The van der Waals surface area contributed by atoms with E-state index in [1.54, 1.807) is 27.8 Å². The van der Waals surface area contributed by atoms with E-state index < -0.39 is 41.0 Å². The van der Waals surface area contributed by atoms with Crippen LogP contribution in [0.3, 0.4) is 0 Å². The summed E-state index contributed by atoms with van der Waals surface area (Å²) in [7, 11) is 0. The Hall–Kier alpha value is -2.89. The quantitative estimate of drug-likeness (QED) is 0.238. The molecule has 0 bridgehead atoms. The number of aromatic nitrogens is 2. The van der Waals surface area contributed by atoms with Gasteiger partial charge >= 0.3 is 0 Å². The molecular formula is C30H37F4N5OS. The Kier molecular flexibility index (Phi) is 10.1. The Morgan fingerprint density at radius 1 is 1.17 bits per heavy atom. The Bertz CT molecular complexity index is 1340. The molecule has 0 unspecified atom stereocenters. The van der Waals surface area contributed by atoms with Crippen LogP contribution in [-0.4, -0.2) is 64.2 Å². The first-order chi connectivity index (χ1) is 19.5. The number of carbonyl (C=O) groups is 1. The minimum atomic E-state index is -1.12. The van der Waals surface area contributed by atoms with Gasteiger partial charge < -0.3 is 20.5 Å². The molecule has 0 radical (unpaired) electrons. The molecule has 4 rings (SSSR count). The lowest BCUT2D eigenvalue weighted by Gasteiger charge is -2.41. The molecule has 1 amide bonds. The van der Waals surface area contributed by atoms with Gasteiger partial charge in [-0.25, -0.2) is 22.5 Å². The van der Waals surface area contributed by atoms with E-state index in [0.717, 1.165) is 18.2 Å². The van der Waals surface area contributed by atoms with E-state index in [-0.39, 0.29) is 42.6 Å². The SMILES string of the molecule is CC(C)(C)[C@H](c1nc(-c2cc(F)ccc2F)cn1Cc1cccc(F)c1)N(C[C@@H]1CNC[C@@H]1F)C(=O)CSCCN. The Labute approximate surface area is 242 Å². The molecule has 0 aliphatic carbocycles. The predicted octanol–water partition coefficient (Wildman–Crippen LogP) is 5.18. The van der Waals surface area contributed by atoms with Crippen molar-refractivity contribution in [3.63, 3.8) is 0 Å². The third-order valence-corrected chi connectivity index (χ3v) is 8.10. The van der Waals surface area contributed by atoms with E-state index in [1.165, 1.54) is 23.9 Å². The van der Waals surface area contributed by atoms with Crippen molar-refractivity contribution in [3.05, 3.63) is 77.5 Å². The molecule has 41 heavy (non-hydrogen) atoms. The number of rotatable bonds is 11. The van der Waals surface area contributed by atoms with Crippen molar-refractivity contribution in [1.82, 2.24) is 19.8 Å². The Balaban J connectivity index is 1.85. The number of alkyl halides is 1. The lowest BCUT2D eigenvalue weighted by molar-refractivity contribution is -0.134. The van der Waals surface area contributed by atoms with Crippen molar-refractivity contribution in [1.29, 1.82) is 0 Å². The second kappa shape index (κ2) is 13.4. The number of imidazole rings is 1. The maximum atomic E-state index is 14.9. The van der Waals surface area contributed by atoms with Crippen LogP contribution in [0, 0.1) is 28.8 Å². The first-order valence-electron chi connectivity index (χ1n) is 13.7. The minimum absolute atomic E-state index is 0.0305. The summed E-state index contributed by atoms with van der Waals surface area (Å²) in [6.07, 6.45) is 0.476. The van der Waals surface area contributed by atoms with Crippen LogP contribution in [0.5, 0.6) is 0 Å². The highest BCUT2D eigenvalue weighted by molar-refractivity contribution is 7.99. The third kappa shape index (κ3) is 7.69. The summed E-state index contributed by atoms with van der Waals surface area (Å²) in [6.45, 7) is 7.23. The number of halogens is 4. The number of benzene rings is 2. The highest BCUT2D eigenvalue weighted by Crippen LogP contribution is 2.40. The molecule has 1 aromatic heterocycles. The zero-order chi connectivity index (χ0) is 29.7. The summed E-state index contributed by atoms with van der Waals surface area (Å²) in [6, 6.07) is 8.56. The van der Waals surface area contributed by atoms with Gasteiger partial charge in [-0.2, -0.15) is 11.8 Å². The number of nitrogens with one attached hydrogen (secondary N) is 1. The number of carbonyl (C=O) groups excluding carboxylic acids is 1. The summed E-state index contributed by atoms with van der Waals surface area (Å²) >= 11 is 1.40. The standard InChI is InChI=1S/C30H37F4N5OS/c1-30(2,3)28(39(27(40)18-41-10-9-35)16-20-13-36-14-25(20)34)29-37-26(23-12-22(32)7-8-24(23)33)17-38(29)15-19-5-4-6-21(31)11-19/h4-8,11-12,17,20,25,28,36H,9-10,13-16,18,35H2,1-3H3/t20-,25-,28-/m0/s1. The fourth-order valence-electron chi connectivity index (χ4n) is 5.23. The summed E-state index contributed by atoms with van der Waals surface area (Å²) in [5.74, 6) is -1.14. The van der Waals surface area contributed by atoms with Crippen LogP contribution in [0.2, 0.25) is 0 Å². The molecule has 0 saturated carbocycles. The number of hydrogen-bond acceptors (Lipinski definition) is 5. The molecule has 0 spiro atoms. The van der Waals surface area contributed by atoms with E-state index in [2.05, 4.69) is 5.32 Å². The average molecular weight is 592 g/mol. The molecular weight excluding hydrogens is 554 g/mol. The van der Waals surface area contributed by atoms with E-state index >= 15 is 0 Å². The molecule has 1 aliphatic heterocycles. The minimum Gasteiger partial charge on any atom is -0.331 e. The van der Waals surface area contributed by atoms with E-state index in [4.69, 9.17) is 10.7 Å². The highest BCUT2D eigenvalue weighted by Gasteiger charge is 2.41. The average Bonchev–Trinajstić information content (AvgIpc) is 3.50. The monoisotopic (exact) mass is 591 g/mol. The van der Waals surface area contributed by atoms with Gasteiger partial charge in [0.2, 0.25) is 5.91 Å². The summed E-state index contributed by atoms with van der Waals surface area (Å²) in [5.41, 5.74) is 5.82. The molecule has 222 valence electrons. The van der Waals surface area contributed by atoms with Crippen molar-refractivity contribution >= 4 is 17.7 Å². The number of nitrogens with zero attached hydrogens (tertiary/aromatic N) is 3. The maximum Gasteiger partial charge on any atom is 0.233 e. The van der Waals surface area contributed by atoms with Crippen LogP contribution >= 0.6 is 11.8 Å². The van der Waals surface area contributed by atoms with Gasteiger partial charge in [0, 0.05) is 56.2 Å². The molecule has 3 N–H and O–H groups in total. The topological polar surface area (TPSA) is 76.2 Å². The van der Waals surface area contributed by atoms with Crippen LogP contribution in [0.25, 0.3) is 11.3 Å². The van der Waals surface area contributed by atoms with Crippen molar-refractivity contribution in [2.24, 2.45) is 17.1 Å². The highest BCUT2D eigenvalue weighted by atomic mass is 32.2. The fraction of sp³-hybridized carbons (Fsp3) is 0.467. The van der Waals surface area contributed by atoms with E-state index in [0.29, 0.717) is 30.2 Å². The number of nitrogens with two attached hydrogens (primary N) is 1.